The molecule has 0 unspecified atom stereocenters. The van der Waals surface area contributed by atoms with Crippen molar-refractivity contribution in [3.05, 3.63) is 34.9 Å². The number of fused-ring (bicyclic) bond motifs is 1. The van der Waals surface area contributed by atoms with Crippen molar-refractivity contribution in [2.75, 3.05) is 13.6 Å². The van der Waals surface area contributed by atoms with Crippen molar-refractivity contribution in [1.29, 1.82) is 0 Å². The summed E-state index contributed by atoms with van der Waals surface area (Å²) < 4.78 is 0. The average Bonchev–Trinajstić information content (AvgIpc) is 2.16. The Labute approximate surface area is 95.1 Å². The largest absolute Gasteiger partial charge is 0.478 e. The first-order valence-electron chi connectivity index (χ1n) is 4.71. The fourth-order valence-corrected chi connectivity index (χ4v) is 1.95. The number of benzene rings is 1. The highest BCUT2D eigenvalue weighted by atomic mass is 35.5. The van der Waals surface area contributed by atoms with Crippen molar-refractivity contribution in [2.24, 2.45) is 0 Å². The number of halogens is 1. The molecule has 0 bridgehead atoms. The lowest BCUT2D eigenvalue weighted by atomic mass is 9.95. The van der Waals surface area contributed by atoms with Crippen molar-refractivity contribution < 1.29 is 9.90 Å². The van der Waals surface area contributed by atoms with Gasteiger partial charge in [0.2, 0.25) is 0 Å². The topological polar surface area (TPSA) is 40.5 Å². The number of aromatic carboxylic acids is 1. The molecule has 0 saturated carbocycles. The zero-order valence-electron chi connectivity index (χ0n) is 8.56. The van der Waals surface area contributed by atoms with Gasteiger partial charge in [-0.05, 0) is 30.7 Å². The van der Waals surface area contributed by atoms with Crippen molar-refractivity contribution in [2.45, 2.75) is 13.0 Å². The molecule has 0 fully saturated rings. The molecule has 0 saturated heterocycles. The van der Waals surface area contributed by atoms with E-state index in [0.717, 1.165) is 30.6 Å². The van der Waals surface area contributed by atoms with Crippen LogP contribution in [-0.2, 0) is 13.0 Å². The predicted octanol–water partition coefficient (Wildman–Crippen LogP) is 1.79. The quantitative estimate of drug-likeness (QED) is 0.795. The van der Waals surface area contributed by atoms with Crippen LogP contribution in [0.4, 0.5) is 0 Å². The highest BCUT2D eigenvalue weighted by molar-refractivity contribution is 5.89. The van der Waals surface area contributed by atoms with Crippen LogP contribution in [0, 0.1) is 0 Å². The van der Waals surface area contributed by atoms with Crippen LogP contribution in [0.1, 0.15) is 21.5 Å². The second-order valence-electron chi connectivity index (χ2n) is 3.74. The van der Waals surface area contributed by atoms with Crippen LogP contribution in [0.25, 0.3) is 0 Å². The zero-order chi connectivity index (χ0) is 10.1. The number of hydrogen-bond acceptors (Lipinski definition) is 2. The van der Waals surface area contributed by atoms with Gasteiger partial charge in [-0.25, -0.2) is 4.79 Å². The summed E-state index contributed by atoms with van der Waals surface area (Å²) in [4.78, 5) is 13.1. The summed E-state index contributed by atoms with van der Waals surface area (Å²) in [6.45, 7) is 1.80. The van der Waals surface area contributed by atoms with Gasteiger partial charge in [0.05, 0.1) is 5.56 Å². The molecule has 3 nitrogen and oxygen atoms in total. The molecule has 1 aliphatic rings. The molecule has 0 radical (unpaired) electrons. The van der Waals surface area contributed by atoms with Gasteiger partial charge in [0, 0.05) is 13.1 Å². The molecule has 0 aromatic heterocycles. The van der Waals surface area contributed by atoms with Crippen LogP contribution in [-0.4, -0.2) is 29.6 Å². The van der Waals surface area contributed by atoms with Crippen LogP contribution in [0.5, 0.6) is 0 Å². The zero-order valence-corrected chi connectivity index (χ0v) is 9.38. The molecule has 1 aromatic carbocycles. The smallest absolute Gasteiger partial charge is 0.335 e. The molecule has 4 heteroatoms. The molecule has 82 valence electrons. The Kier molecular flexibility index (Phi) is 3.72. The van der Waals surface area contributed by atoms with E-state index in [2.05, 4.69) is 11.9 Å². The monoisotopic (exact) mass is 227 g/mol. The lowest BCUT2D eigenvalue weighted by Gasteiger charge is -2.25. The molecular formula is C11H14ClNO2. The van der Waals surface area contributed by atoms with Crippen molar-refractivity contribution in [3.63, 3.8) is 0 Å². The van der Waals surface area contributed by atoms with E-state index in [4.69, 9.17) is 5.11 Å². The summed E-state index contributed by atoms with van der Waals surface area (Å²) >= 11 is 0. The first-order valence-corrected chi connectivity index (χ1v) is 4.71. The molecule has 1 heterocycles. The first kappa shape index (κ1) is 12.0. The maximum Gasteiger partial charge on any atom is 0.335 e. The molecule has 0 atom stereocenters. The van der Waals surface area contributed by atoms with Gasteiger partial charge in [0.25, 0.3) is 0 Å². The Morgan fingerprint density at radius 2 is 2.20 bits per heavy atom. The summed E-state index contributed by atoms with van der Waals surface area (Å²) in [7, 11) is 2.05. The van der Waals surface area contributed by atoms with Crippen molar-refractivity contribution in [1.82, 2.24) is 4.90 Å². The Balaban J connectivity index is 0.00000112. The van der Waals surface area contributed by atoms with Crippen LogP contribution in [0.2, 0.25) is 0 Å². The molecule has 2 rings (SSSR count). The molecule has 0 aliphatic carbocycles. The summed E-state index contributed by atoms with van der Waals surface area (Å²) in [6, 6.07) is 5.52. The Morgan fingerprint density at radius 3 is 2.87 bits per heavy atom. The SMILES string of the molecule is CN1CCc2c(cccc2C(=O)O)C1.Cl. The van der Waals surface area contributed by atoms with Gasteiger partial charge >= 0.3 is 5.97 Å². The van der Waals surface area contributed by atoms with Crippen molar-refractivity contribution >= 4 is 18.4 Å². The Bertz CT molecular complexity index is 379. The Hall–Kier alpha value is -1.06. The molecule has 0 spiro atoms. The Morgan fingerprint density at radius 1 is 1.47 bits per heavy atom. The van der Waals surface area contributed by atoms with E-state index in [0.29, 0.717) is 5.56 Å². The number of rotatable bonds is 1. The van der Waals surface area contributed by atoms with Gasteiger partial charge < -0.3 is 10.0 Å². The summed E-state index contributed by atoms with van der Waals surface area (Å²) in [6.07, 6.45) is 0.842. The normalized spacial score (nSPS) is 15.3. The van der Waals surface area contributed by atoms with Gasteiger partial charge in [0.15, 0.2) is 0 Å². The van der Waals surface area contributed by atoms with Gasteiger partial charge in [-0.15, -0.1) is 12.4 Å². The number of carboxylic acids is 1. The minimum Gasteiger partial charge on any atom is -0.478 e. The minimum atomic E-state index is -0.814. The summed E-state index contributed by atoms with van der Waals surface area (Å²) in [5.41, 5.74) is 2.63. The van der Waals surface area contributed by atoms with Crippen molar-refractivity contribution in [3.8, 4) is 0 Å². The highest BCUT2D eigenvalue weighted by Crippen LogP contribution is 2.21. The van der Waals surface area contributed by atoms with E-state index in [1.54, 1.807) is 6.07 Å². The second kappa shape index (κ2) is 4.64. The number of nitrogens with zero attached hydrogens (tertiary/aromatic N) is 1. The summed E-state index contributed by atoms with van der Waals surface area (Å²) in [5, 5.41) is 8.99. The average molecular weight is 228 g/mol. The van der Waals surface area contributed by atoms with Gasteiger partial charge in [0.1, 0.15) is 0 Å². The minimum absolute atomic E-state index is 0. The molecule has 1 aliphatic heterocycles. The second-order valence-corrected chi connectivity index (χ2v) is 3.74. The predicted molar refractivity (Wildman–Crippen MR) is 60.7 cm³/mol. The standard InChI is InChI=1S/C11H13NO2.ClH/c1-12-6-5-9-8(7-12)3-2-4-10(9)11(13)14;/h2-4H,5-7H2,1H3,(H,13,14);1H. The maximum absolute atomic E-state index is 10.9. The lowest BCUT2D eigenvalue weighted by Crippen LogP contribution is -2.27. The van der Waals surface area contributed by atoms with E-state index in [1.165, 1.54) is 0 Å². The van der Waals surface area contributed by atoms with E-state index < -0.39 is 5.97 Å². The first-order chi connectivity index (χ1) is 6.68. The van der Waals surface area contributed by atoms with Crippen LogP contribution >= 0.6 is 12.4 Å². The third-order valence-electron chi connectivity index (χ3n) is 2.69. The van der Waals surface area contributed by atoms with E-state index in [9.17, 15) is 4.79 Å². The highest BCUT2D eigenvalue weighted by Gasteiger charge is 2.18. The number of hydrogen-bond donors (Lipinski definition) is 1. The van der Waals surface area contributed by atoms with Crippen LogP contribution < -0.4 is 0 Å². The number of likely N-dealkylation sites (N-methyl/N-ethyl adjacent to an activating group) is 1. The lowest BCUT2D eigenvalue weighted by molar-refractivity contribution is 0.0695. The van der Waals surface area contributed by atoms with Gasteiger partial charge in [-0.1, -0.05) is 12.1 Å². The third kappa shape index (κ3) is 2.30. The number of carbonyl (C=O) groups is 1. The molecular weight excluding hydrogens is 214 g/mol. The van der Waals surface area contributed by atoms with E-state index >= 15 is 0 Å². The fourth-order valence-electron chi connectivity index (χ4n) is 1.95. The molecule has 15 heavy (non-hydrogen) atoms. The summed E-state index contributed by atoms with van der Waals surface area (Å²) in [5.74, 6) is -0.814. The van der Waals surface area contributed by atoms with Crippen LogP contribution in [0.15, 0.2) is 18.2 Å². The molecule has 0 amide bonds. The number of carboxylic acid groups (broad SMARTS) is 1. The van der Waals surface area contributed by atoms with E-state index in [1.807, 2.05) is 12.1 Å². The third-order valence-corrected chi connectivity index (χ3v) is 2.69. The van der Waals surface area contributed by atoms with Gasteiger partial charge in [-0.2, -0.15) is 0 Å². The van der Waals surface area contributed by atoms with Crippen LogP contribution in [0.3, 0.4) is 0 Å². The van der Waals surface area contributed by atoms with Gasteiger partial charge in [-0.3, -0.25) is 0 Å². The molecule has 1 aromatic rings. The molecule has 1 N–H and O–H groups in total. The van der Waals surface area contributed by atoms with E-state index in [-0.39, 0.29) is 12.4 Å². The fraction of sp³-hybridized carbons (Fsp3) is 0.364. The maximum atomic E-state index is 10.9.